The van der Waals surface area contributed by atoms with Crippen molar-refractivity contribution >= 4 is 30.4 Å². The lowest BCUT2D eigenvalue weighted by molar-refractivity contribution is 0.343. The van der Waals surface area contributed by atoms with Crippen LogP contribution in [-0.4, -0.2) is 19.5 Å². The second kappa shape index (κ2) is 9.66. The predicted octanol–water partition coefficient (Wildman–Crippen LogP) is 5.84. The molecule has 0 amide bonds. The van der Waals surface area contributed by atoms with Crippen LogP contribution in [-0.2, 0) is 0 Å². The molecule has 1 fully saturated rings. The zero-order valence-corrected chi connectivity index (χ0v) is 17.6. The van der Waals surface area contributed by atoms with Gasteiger partial charge < -0.3 is 22.0 Å². The van der Waals surface area contributed by atoms with E-state index < -0.39 is 14.5 Å². The number of hydrogen-bond acceptors (Lipinski definition) is 1. The largest absolute Gasteiger partial charge is 0.673 e. The van der Waals surface area contributed by atoms with Gasteiger partial charge in [-0.2, -0.15) is 0 Å². The molecule has 7 heteroatoms. The lowest BCUT2D eigenvalue weighted by Gasteiger charge is -2.29. The third kappa shape index (κ3) is 5.23. The van der Waals surface area contributed by atoms with Crippen molar-refractivity contribution in [2.24, 2.45) is 0 Å². The Hall–Kier alpha value is -2.33. The Balaban J connectivity index is 0.000000461. The Bertz CT molecular complexity index is 885. The first kappa shape index (κ1) is 22.4. The van der Waals surface area contributed by atoms with Gasteiger partial charge in [0.1, 0.15) is 23.2 Å². The van der Waals surface area contributed by atoms with Crippen molar-refractivity contribution < 1.29 is 22.0 Å². The van der Waals surface area contributed by atoms with E-state index >= 15 is 0 Å². The Morgan fingerprint density at radius 3 is 1.63 bits per heavy atom. The van der Waals surface area contributed by atoms with Crippen LogP contribution in [0.4, 0.5) is 17.3 Å². The van der Waals surface area contributed by atoms with E-state index in [2.05, 4.69) is 91.9 Å². The summed E-state index contributed by atoms with van der Waals surface area (Å²) in [5.41, 5.74) is 0.721. The van der Waals surface area contributed by atoms with E-state index in [4.69, 9.17) is 4.74 Å². The summed E-state index contributed by atoms with van der Waals surface area (Å²) in [7, 11) is -7.71. The van der Waals surface area contributed by atoms with Crippen LogP contribution in [0.2, 0.25) is 0 Å². The van der Waals surface area contributed by atoms with Gasteiger partial charge in [-0.3, -0.25) is 0 Å². The molecule has 0 atom stereocenters. The van der Waals surface area contributed by atoms with Gasteiger partial charge in [0.25, 0.3) is 0 Å². The van der Waals surface area contributed by atoms with Gasteiger partial charge in [-0.05, 0) is 56.2 Å². The van der Waals surface area contributed by atoms with Crippen LogP contribution >= 0.6 is 7.26 Å². The Labute approximate surface area is 175 Å². The molecule has 0 saturated heterocycles. The smallest absolute Gasteiger partial charge is 0.490 e. The number of benzene rings is 3. The lowest BCUT2D eigenvalue weighted by Crippen LogP contribution is -2.35. The van der Waals surface area contributed by atoms with Gasteiger partial charge in [0, 0.05) is 0 Å². The van der Waals surface area contributed by atoms with E-state index in [9.17, 15) is 17.3 Å². The van der Waals surface area contributed by atoms with Crippen molar-refractivity contribution in [2.45, 2.75) is 25.4 Å². The molecule has 0 N–H and O–H groups in total. The summed E-state index contributed by atoms with van der Waals surface area (Å²) in [6.07, 6.45) is 2.61. The molecule has 1 saturated carbocycles. The average Bonchev–Trinajstić information content (AvgIpc) is 3.56. The van der Waals surface area contributed by atoms with Gasteiger partial charge in [0.2, 0.25) is 0 Å². The molecule has 30 heavy (non-hydrogen) atoms. The van der Waals surface area contributed by atoms with Crippen LogP contribution in [0.1, 0.15) is 19.8 Å². The van der Waals surface area contributed by atoms with E-state index in [1.165, 1.54) is 28.8 Å². The molecular formula is C23H24BF4OP. The minimum absolute atomic E-state index is 0.700. The van der Waals surface area contributed by atoms with Crippen molar-refractivity contribution in [1.29, 1.82) is 0 Å². The van der Waals surface area contributed by atoms with Crippen molar-refractivity contribution in [3.05, 3.63) is 84.9 Å². The first-order chi connectivity index (χ1) is 14.4. The van der Waals surface area contributed by atoms with Crippen molar-refractivity contribution in [1.82, 2.24) is 0 Å². The van der Waals surface area contributed by atoms with E-state index in [1.54, 1.807) is 0 Å². The number of hydrogen-bond donors (Lipinski definition) is 0. The molecule has 158 valence electrons. The standard InChI is InChI=1S/C23H24OP.BF4/c1-2-24-22-15-9-10-16-23(22)25(21-17-18-21,19-11-5-3-6-12-19)20-13-7-4-8-14-20;2-1(3,4)5/h3-16,21H,2,17-18H2,1H3;/q+1;-1. The molecule has 0 heterocycles. The lowest BCUT2D eigenvalue weighted by atomic mass is 10.3. The SMILES string of the molecule is CCOc1ccccc1[P+](c1ccccc1)(c1ccccc1)C1CC1.F[B-](F)(F)F. The van der Waals surface area contributed by atoms with Crippen molar-refractivity contribution in [3.8, 4) is 5.75 Å². The van der Waals surface area contributed by atoms with E-state index in [-0.39, 0.29) is 0 Å². The van der Waals surface area contributed by atoms with E-state index in [0.29, 0.717) is 6.61 Å². The Morgan fingerprint density at radius 1 is 0.767 bits per heavy atom. The number of ether oxygens (including phenoxy) is 1. The molecule has 4 rings (SSSR count). The Morgan fingerprint density at radius 2 is 1.20 bits per heavy atom. The van der Waals surface area contributed by atoms with Crippen LogP contribution in [0.25, 0.3) is 0 Å². The van der Waals surface area contributed by atoms with Crippen LogP contribution in [0.5, 0.6) is 5.75 Å². The first-order valence-corrected chi connectivity index (χ1v) is 11.8. The number of para-hydroxylation sites is 1. The zero-order chi connectivity index (χ0) is 21.6. The van der Waals surface area contributed by atoms with Gasteiger partial charge in [-0.15, -0.1) is 0 Å². The summed E-state index contributed by atoms with van der Waals surface area (Å²) in [4.78, 5) is 0. The molecule has 0 aromatic heterocycles. The zero-order valence-electron chi connectivity index (χ0n) is 16.7. The van der Waals surface area contributed by atoms with E-state index in [1.807, 2.05) is 0 Å². The topological polar surface area (TPSA) is 9.23 Å². The minimum Gasteiger partial charge on any atom is -0.490 e. The van der Waals surface area contributed by atoms with Gasteiger partial charge in [-0.25, -0.2) is 0 Å². The highest BCUT2D eigenvalue weighted by Crippen LogP contribution is 2.68. The molecule has 0 spiro atoms. The molecule has 0 unspecified atom stereocenters. The molecule has 1 nitrogen and oxygen atoms in total. The second-order valence-electron chi connectivity index (χ2n) is 7.02. The summed E-state index contributed by atoms with van der Waals surface area (Å²) < 4.78 is 45.1. The maximum Gasteiger partial charge on any atom is 0.673 e. The second-order valence-corrected chi connectivity index (χ2v) is 10.7. The number of rotatable bonds is 6. The highest BCUT2D eigenvalue weighted by atomic mass is 31.2. The van der Waals surface area contributed by atoms with Crippen LogP contribution in [0, 0.1) is 0 Å². The fraction of sp³-hybridized carbons (Fsp3) is 0.217. The molecule has 1 aliphatic carbocycles. The van der Waals surface area contributed by atoms with Crippen LogP contribution in [0.3, 0.4) is 0 Å². The van der Waals surface area contributed by atoms with Crippen molar-refractivity contribution in [2.75, 3.05) is 6.61 Å². The van der Waals surface area contributed by atoms with Gasteiger partial charge in [0.15, 0.2) is 5.75 Å². The molecule has 3 aromatic carbocycles. The summed E-state index contributed by atoms with van der Waals surface area (Å²) in [5.74, 6) is 1.05. The third-order valence-corrected chi connectivity index (χ3v) is 9.93. The molecule has 0 aliphatic heterocycles. The van der Waals surface area contributed by atoms with Gasteiger partial charge >= 0.3 is 7.25 Å². The monoisotopic (exact) mass is 434 g/mol. The molecule has 0 bridgehead atoms. The fourth-order valence-corrected chi connectivity index (χ4v) is 8.97. The van der Waals surface area contributed by atoms with Gasteiger partial charge in [0.05, 0.1) is 12.3 Å². The Kier molecular flexibility index (Phi) is 7.20. The highest BCUT2D eigenvalue weighted by molar-refractivity contribution is 7.96. The normalized spacial score (nSPS) is 13.9. The van der Waals surface area contributed by atoms with Crippen LogP contribution < -0.4 is 20.7 Å². The van der Waals surface area contributed by atoms with E-state index in [0.717, 1.165) is 11.4 Å². The molecule has 3 aromatic rings. The quantitative estimate of drug-likeness (QED) is 0.269. The predicted molar refractivity (Wildman–Crippen MR) is 120 cm³/mol. The average molecular weight is 434 g/mol. The number of halogens is 4. The molecule has 0 radical (unpaired) electrons. The first-order valence-electron chi connectivity index (χ1n) is 9.97. The fourth-order valence-electron chi connectivity index (χ4n) is 3.86. The minimum atomic E-state index is -6.00. The molecular weight excluding hydrogens is 410 g/mol. The highest BCUT2D eigenvalue weighted by Gasteiger charge is 2.58. The maximum absolute atomic E-state index is 9.75. The molecule has 1 aliphatic rings. The summed E-state index contributed by atoms with van der Waals surface area (Å²) in [5, 5.41) is 4.34. The van der Waals surface area contributed by atoms with Crippen molar-refractivity contribution in [3.63, 3.8) is 0 Å². The van der Waals surface area contributed by atoms with Crippen LogP contribution in [0.15, 0.2) is 84.9 Å². The summed E-state index contributed by atoms with van der Waals surface area (Å²) >= 11 is 0. The maximum atomic E-state index is 9.75. The summed E-state index contributed by atoms with van der Waals surface area (Å²) in [6.45, 7) is 2.77. The summed E-state index contributed by atoms with van der Waals surface area (Å²) in [6, 6.07) is 30.9. The van der Waals surface area contributed by atoms with Gasteiger partial charge in [-0.1, -0.05) is 48.5 Å². The third-order valence-electron chi connectivity index (χ3n) is 4.97.